The monoisotopic (exact) mass is 336 g/mol. The van der Waals surface area contributed by atoms with Crippen molar-refractivity contribution in [2.45, 2.75) is 6.42 Å². The number of carbonyl (C=O) groups is 1. The molecule has 0 radical (unpaired) electrons. The van der Waals surface area contributed by atoms with E-state index in [-0.39, 0.29) is 6.42 Å². The van der Waals surface area contributed by atoms with Gasteiger partial charge >= 0.3 is 0 Å². The van der Waals surface area contributed by atoms with E-state index in [4.69, 9.17) is 0 Å². The highest BCUT2D eigenvalue weighted by Gasteiger charge is 2.14. The number of hydrogen-bond donors (Lipinski definition) is 1. The van der Waals surface area contributed by atoms with E-state index < -0.39 is 23.2 Å². The molecule has 2 aromatic heterocycles. The number of para-hydroxylation sites is 1. The maximum atomic E-state index is 13.5. The number of hydrogen-bond acceptors (Lipinski definition) is 4. The van der Waals surface area contributed by atoms with Gasteiger partial charge in [0.15, 0.2) is 0 Å². The lowest BCUT2D eigenvalue weighted by molar-refractivity contribution is -0.115. The van der Waals surface area contributed by atoms with E-state index in [1.807, 2.05) is 17.5 Å². The van der Waals surface area contributed by atoms with Gasteiger partial charge in [0.2, 0.25) is 5.91 Å². The second-order valence-electron chi connectivity index (χ2n) is 4.44. The number of thiazole rings is 1. The van der Waals surface area contributed by atoms with Crippen LogP contribution in [-0.4, -0.2) is 10.9 Å². The molecule has 0 aliphatic heterocycles. The van der Waals surface area contributed by atoms with Crippen molar-refractivity contribution >= 4 is 34.3 Å². The highest BCUT2D eigenvalue weighted by molar-refractivity contribution is 7.20. The normalized spacial score (nSPS) is 10.6. The van der Waals surface area contributed by atoms with Gasteiger partial charge in [-0.25, -0.2) is 13.8 Å². The molecule has 0 unspecified atom stereocenters. The van der Waals surface area contributed by atoms with E-state index in [0.717, 1.165) is 22.0 Å². The van der Waals surface area contributed by atoms with E-state index in [2.05, 4.69) is 10.3 Å². The minimum atomic E-state index is -0.800. The molecular formula is C15H10F2N2OS2. The zero-order chi connectivity index (χ0) is 15.5. The van der Waals surface area contributed by atoms with Crippen LogP contribution in [0, 0.1) is 11.6 Å². The Morgan fingerprint density at radius 2 is 1.91 bits per heavy atom. The van der Waals surface area contributed by atoms with Crippen LogP contribution >= 0.6 is 22.7 Å². The maximum Gasteiger partial charge on any atom is 0.230 e. The summed E-state index contributed by atoms with van der Waals surface area (Å²) >= 11 is 3.00. The van der Waals surface area contributed by atoms with Crippen molar-refractivity contribution in [3.63, 3.8) is 0 Å². The number of carbonyl (C=O) groups excluding carboxylic acids is 1. The van der Waals surface area contributed by atoms with Crippen molar-refractivity contribution in [1.82, 2.24) is 4.98 Å². The Kier molecular flexibility index (Phi) is 4.26. The molecule has 1 amide bonds. The molecular weight excluding hydrogens is 326 g/mol. The van der Waals surface area contributed by atoms with Crippen molar-refractivity contribution in [3.05, 3.63) is 58.4 Å². The third kappa shape index (κ3) is 3.20. The molecule has 0 saturated heterocycles. The number of thiophene rings is 1. The zero-order valence-electron chi connectivity index (χ0n) is 11.2. The molecule has 0 aliphatic carbocycles. The van der Waals surface area contributed by atoms with Crippen molar-refractivity contribution < 1.29 is 13.6 Å². The summed E-state index contributed by atoms with van der Waals surface area (Å²) in [4.78, 5) is 17.3. The van der Waals surface area contributed by atoms with Crippen LogP contribution in [0.2, 0.25) is 0 Å². The summed E-state index contributed by atoms with van der Waals surface area (Å²) < 4.78 is 26.9. The van der Waals surface area contributed by atoms with Gasteiger partial charge in [0.25, 0.3) is 0 Å². The van der Waals surface area contributed by atoms with Crippen molar-refractivity contribution in [1.29, 1.82) is 0 Å². The molecule has 0 spiro atoms. The van der Waals surface area contributed by atoms with Crippen molar-refractivity contribution in [3.8, 4) is 9.88 Å². The lowest BCUT2D eigenvalue weighted by Crippen LogP contribution is -2.16. The smallest absolute Gasteiger partial charge is 0.230 e. The average molecular weight is 336 g/mol. The lowest BCUT2D eigenvalue weighted by atomic mass is 10.2. The molecule has 2 heterocycles. The molecule has 3 nitrogen and oxygen atoms in total. The quantitative estimate of drug-likeness (QED) is 0.770. The molecule has 0 fully saturated rings. The second-order valence-corrected chi connectivity index (χ2v) is 6.25. The molecule has 1 aromatic carbocycles. The molecule has 0 atom stereocenters. The summed E-state index contributed by atoms with van der Waals surface area (Å²) in [6, 6.07) is 7.30. The largest absolute Gasteiger partial charge is 0.321 e. The van der Waals surface area contributed by atoms with E-state index in [0.29, 0.717) is 5.69 Å². The molecule has 0 bridgehead atoms. The van der Waals surface area contributed by atoms with E-state index in [1.165, 1.54) is 17.4 Å². The minimum Gasteiger partial charge on any atom is -0.321 e. The second kappa shape index (κ2) is 6.33. The first-order valence-corrected chi connectivity index (χ1v) is 8.11. The van der Waals surface area contributed by atoms with Gasteiger partial charge < -0.3 is 5.32 Å². The minimum absolute atomic E-state index is 0.0321. The molecule has 1 N–H and O–H groups in total. The Morgan fingerprint density at radius 3 is 2.59 bits per heavy atom. The first kappa shape index (κ1) is 14.8. The standard InChI is InChI=1S/C15H10F2N2OS2/c16-10-3-1-4-11(17)14(10)19-13(20)7-9-8-22-15(18-9)12-5-2-6-21-12/h1-6,8H,7H2,(H,19,20). The number of halogens is 2. The van der Waals surface area contributed by atoms with Crippen LogP contribution in [0.5, 0.6) is 0 Å². The molecule has 3 aromatic rings. The van der Waals surface area contributed by atoms with Gasteiger partial charge in [0.05, 0.1) is 17.0 Å². The molecule has 3 rings (SSSR count). The highest BCUT2D eigenvalue weighted by Crippen LogP contribution is 2.28. The lowest BCUT2D eigenvalue weighted by Gasteiger charge is -2.06. The number of rotatable bonds is 4. The van der Waals surface area contributed by atoms with Gasteiger partial charge in [-0.05, 0) is 23.6 Å². The molecule has 22 heavy (non-hydrogen) atoms. The van der Waals surface area contributed by atoms with Gasteiger partial charge in [0, 0.05) is 5.38 Å². The first-order valence-electron chi connectivity index (χ1n) is 6.35. The van der Waals surface area contributed by atoms with E-state index in [9.17, 15) is 13.6 Å². The summed E-state index contributed by atoms with van der Waals surface area (Å²) in [6.45, 7) is 0. The maximum absolute atomic E-state index is 13.5. The fraction of sp³-hybridized carbons (Fsp3) is 0.0667. The first-order chi connectivity index (χ1) is 10.6. The molecule has 0 saturated carbocycles. The number of aromatic nitrogens is 1. The molecule has 112 valence electrons. The van der Waals surface area contributed by atoms with Gasteiger partial charge in [-0.2, -0.15) is 0 Å². The number of nitrogens with one attached hydrogen (secondary N) is 1. The van der Waals surface area contributed by atoms with E-state index >= 15 is 0 Å². The predicted molar refractivity (Wildman–Crippen MR) is 84.1 cm³/mol. The van der Waals surface area contributed by atoms with Gasteiger partial charge in [-0.15, -0.1) is 22.7 Å². The summed E-state index contributed by atoms with van der Waals surface area (Å²) in [7, 11) is 0. The summed E-state index contributed by atoms with van der Waals surface area (Å²) in [5, 5.41) is 6.80. The van der Waals surface area contributed by atoms with Gasteiger partial charge in [-0.3, -0.25) is 4.79 Å². The van der Waals surface area contributed by atoms with Crippen LogP contribution in [-0.2, 0) is 11.2 Å². The summed E-state index contributed by atoms with van der Waals surface area (Å²) in [5.41, 5.74) is 0.142. The van der Waals surface area contributed by atoms with Crippen LogP contribution < -0.4 is 5.32 Å². The molecule has 7 heteroatoms. The SMILES string of the molecule is O=C(Cc1csc(-c2cccs2)n1)Nc1c(F)cccc1F. The Hall–Kier alpha value is -2.12. The Bertz CT molecular complexity index is 779. The highest BCUT2D eigenvalue weighted by atomic mass is 32.1. The van der Waals surface area contributed by atoms with Gasteiger partial charge in [0.1, 0.15) is 22.3 Å². The topological polar surface area (TPSA) is 42.0 Å². The summed E-state index contributed by atoms with van der Waals surface area (Å²) in [5.74, 6) is -2.11. The summed E-state index contributed by atoms with van der Waals surface area (Å²) in [6.07, 6.45) is -0.0321. The van der Waals surface area contributed by atoms with Crippen molar-refractivity contribution in [2.24, 2.45) is 0 Å². The van der Waals surface area contributed by atoms with Crippen LogP contribution in [0.1, 0.15) is 5.69 Å². The van der Waals surface area contributed by atoms with Crippen LogP contribution in [0.3, 0.4) is 0 Å². The zero-order valence-corrected chi connectivity index (χ0v) is 12.8. The molecule has 0 aliphatic rings. The van der Waals surface area contributed by atoms with Crippen LogP contribution in [0.25, 0.3) is 9.88 Å². The Balaban J connectivity index is 1.70. The number of benzene rings is 1. The van der Waals surface area contributed by atoms with Crippen molar-refractivity contribution in [2.75, 3.05) is 5.32 Å². The Labute approximate surface area is 133 Å². The Morgan fingerprint density at radius 1 is 1.14 bits per heavy atom. The third-order valence-electron chi connectivity index (χ3n) is 2.85. The van der Waals surface area contributed by atoms with Crippen LogP contribution in [0.15, 0.2) is 41.1 Å². The predicted octanol–water partition coefficient (Wildman–Crippen LogP) is 4.33. The fourth-order valence-corrected chi connectivity index (χ4v) is 3.50. The third-order valence-corrected chi connectivity index (χ3v) is 4.78. The average Bonchev–Trinajstić information content (AvgIpc) is 3.13. The van der Waals surface area contributed by atoms with E-state index in [1.54, 1.807) is 16.7 Å². The van der Waals surface area contributed by atoms with Crippen LogP contribution in [0.4, 0.5) is 14.5 Å². The number of amides is 1. The number of anilines is 1. The fourth-order valence-electron chi connectivity index (χ4n) is 1.87. The number of nitrogens with zero attached hydrogens (tertiary/aromatic N) is 1. The van der Waals surface area contributed by atoms with Gasteiger partial charge in [-0.1, -0.05) is 12.1 Å².